The molecule has 3 nitrogen and oxygen atoms in total. The third-order valence-corrected chi connectivity index (χ3v) is 3.79. The Morgan fingerprint density at radius 1 is 1.25 bits per heavy atom. The van der Waals surface area contributed by atoms with Gasteiger partial charge in [-0.1, -0.05) is 32.0 Å². The van der Waals surface area contributed by atoms with Gasteiger partial charge in [0.25, 0.3) is 0 Å². The van der Waals surface area contributed by atoms with E-state index >= 15 is 0 Å². The highest BCUT2D eigenvalue weighted by atomic mass is 16.5. The van der Waals surface area contributed by atoms with Gasteiger partial charge in [0, 0.05) is 37.8 Å². The van der Waals surface area contributed by atoms with E-state index in [0.717, 1.165) is 37.5 Å². The van der Waals surface area contributed by atoms with Gasteiger partial charge in [0.05, 0.1) is 0 Å². The first-order chi connectivity index (χ1) is 9.53. The van der Waals surface area contributed by atoms with E-state index in [1.165, 1.54) is 10.9 Å². The Labute approximate surface area is 121 Å². The van der Waals surface area contributed by atoms with E-state index < -0.39 is 0 Å². The number of ether oxygens (including phenoxy) is 1. The van der Waals surface area contributed by atoms with Crippen LogP contribution in [0.1, 0.15) is 31.6 Å². The SMILES string of the molecule is COCCC(C)(C)CNCc1c(C)oc2ccccc12. The van der Waals surface area contributed by atoms with Gasteiger partial charge in [-0.3, -0.25) is 0 Å². The lowest BCUT2D eigenvalue weighted by molar-refractivity contribution is 0.150. The van der Waals surface area contributed by atoms with E-state index in [9.17, 15) is 0 Å². The Morgan fingerprint density at radius 2 is 2.00 bits per heavy atom. The molecule has 0 spiro atoms. The standard InChI is InChI=1S/C17H25NO2/c1-13-15(14-7-5-6-8-16(14)20-13)11-18-12-17(2,3)9-10-19-4/h5-8,18H,9-12H2,1-4H3. The predicted octanol–water partition coefficient (Wildman–Crippen LogP) is 3.89. The summed E-state index contributed by atoms with van der Waals surface area (Å²) in [5.41, 5.74) is 2.48. The van der Waals surface area contributed by atoms with E-state index in [1.807, 2.05) is 19.1 Å². The fourth-order valence-corrected chi connectivity index (χ4v) is 2.43. The van der Waals surface area contributed by atoms with Crippen LogP contribution in [-0.4, -0.2) is 20.3 Å². The molecule has 0 aliphatic carbocycles. The molecule has 3 heteroatoms. The summed E-state index contributed by atoms with van der Waals surface area (Å²) in [6.45, 7) is 9.18. The largest absolute Gasteiger partial charge is 0.461 e. The summed E-state index contributed by atoms with van der Waals surface area (Å²) in [7, 11) is 1.75. The minimum Gasteiger partial charge on any atom is -0.461 e. The highest BCUT2D eigenvalue weighted by Gasteiger charge is 2.18. The van der Waals surface area contributed by atoms with Gasteiger partial charge < -0.3 is 14.5 Å². The fourth-order valence-electron chi connectivity index (χ4n) is 2.43. The second-order valence-electron chi connectivity index (χ2n) is 6.14. The van der Waals surface area contributed by atoms with Crippen LogP contribution in [0, 0.1) is 12.3 Å². The first kappa shape index (κ1) is 15.1. The summed E-state index contributed by atoms with van der Waals surface area (Å²) in [5, 5.41) is 4.77. The Kier molecular flexibility index (Phi) is 4.84. The van der Waals surface area contributed by atoms with Crippen molar-refractivity contribution in [2.45, 2.75) is 33.7 Å². The van der Waals surface area contributed by atoms with E-state index in [4.69, 9.17) is 9.15 Å². The second-order valence-corrected chi connectivity index (χ2v) is 6.14. The van der Waals surface area contributed by atoms with E-state index in [0.29, 0.717) is 0 Å². The predicted molar refractivity (Wildman–Crippen MR) is 82.9 cm³/mol. The van der Waals surface area contributed by atoms with Crippen LogP contribution in [-0.2, 0) is 11.3 Å². The number of benzene rings is 1. The van der Waals surface area contributed by atoms with Crippen molar-refractivity contribution >= 4 is 11.0 Å². The monoisotopic (exact) mass is 275 g/mol. The van der Waals surface area contributed by atoms with Crippen molar-refractivity contribution in [1.82, 2.24) is 5.32 Å². The van der Waals surface area contributed by atoms with Crippen molar-refractivity contribution in [1.29, 1.82) is 0 Å². The van der Waals surface area contributed by atoms with Gasteiger partial charge in [0.15, 0.2) is 0 Å². The Hall–Kier alpha value is -1.32. The Morgan fingerprint density at radius 3 is 2.75 bits per heavy atom. The smallest absolute Gasteiger partial charge is 0.134 e. The molecule has 0 amide bonds. The van der Waals surface area contributed by atoms with Crippen molar-refractivity contribution in [3.05, 3.63) is 35.6 Å². The van der Waals surface area contributed by atoms with Gasteiger partial charge >= 0.3 is 0 Å². The number of aryl methyl sites for hydroxylation is 1. The first-order valence-electron chi connectivity index (χ1n) is 7.20. The molecule has 20 heavy (non-hydrogen) atoms. The van der Waals surface area contributed by atoms with Crippen LogP contribution in [0.15, 0.2) is 28.7 Å². The molecule has 0 saturated carbocycles. The molecule has 2 aromatic rings. The third-order valence-electron chi connectivity index (χ3n) is 3.79. The number of fused-ring (bicyclic) bond motifs is 1. The summed E-state index contributed by atoms with van der Waals surface area (Å²) in [6, 6.07) is 8.22. The number of para-hydroxylation sites is 1. The zero-order valence-electron chi connectivity index (χ0n) is 13.0. The van der Waals surface area contributed by atoms with Gasteiger partial charge in [0.1, 0.15) is 11.3 Å². The summed E-state index contributed by atoms with van der Waals surface area (Å²) in [6.07, 6.45) is 1.06. The van der Waals surface area contributed by atoms with Crippen molar-refractivity contribution in [3.63, 3.8) is 0 Å². The normalized spacial score (nSPS) is 12.2. The van der Waals surface area contributed by atoms with Crippen LogP contribution in [0.4, 0.5) is 0 Å². The third kappa shape index (κ3) is 3.62. The zero-order chi connectivity index (χ0) is 14.6. The Bertz CT molecular complexity index is 557. The molecular weight excluding hydrogens is 250 g/mol. The zero-order valence-corrected chi connectivity index (χ0v) is 13.0. The maximum Gasteiger partial charge on any atom is 0.134 e. The van der Waals surface area contributed by atoms with Crippen molar-refractivity contribution in [2.75, 3.05) is 20.3 Å². The van der Waals surface area contributed by atoms with E-state index in [-0.39, 0.29) is 5.41 Å². The van der Waals surface area contributed by atoms with E-state index in [1.54, 1.807) is 7.11 Å². The molecule has 1 heterocycles. The molecule has 0 radical (unpaired) electrons. The lowest BCUT2D eigenvalue weighted by atomic mass is 9.89. The molecule has 0 saturated heterocycles. The van der Waals surface area contributed by atoms with Crippen molar-refractivity contribution in [3.8, 4) is 0 Å². The van der Waals surface area contributed by atoms with Crippen molar-refractivity contribution in [2.24, 2.45) is 5.41 Å². The molecule has 0 aliphatic rings. The quantitative estimate of drug-likeness (QED) is 0.832. The number of methoxy groups -OCH3 is 1. The molecular formula is C17H25NO2. The summed E-state index contributed by atoms with van der Waals surface area (Å²) in [5.74, 6) is 1.01. The maximum atomic E-state index is 5.79. The Balaban J connectivity index is 1.98. The average molecular weight is 275 g/mol. The topological polar surface area (TPSA) is 34.4 Å². The summed E-state index contributed by atoms with van der Waals surface area (Å²) in [4.78, 5) is 0. The maximum absolute atomic E-state index is 5.79. The van der Waals surface area contributed by atoms with Gasteiger partial charge in [-0.15, -0.1) is 0 Å². The van der Waals surface area contributed by atoms with Crippen LogP contribution in [0.2, 0.25) is 0 Å². The minimum atomic E-state index is 0.240. The molecule has 0 bridgehead atoms. The van der Waals surface area contributed by atoms with Gasteiger partial charge in [-0.25, -0.2) is 0 Å². The lowest BCUT2D eigenvalue weighted by Gasteiger charge is -2.24. The van der Waals surface area contributed by atoms with E-state index in [2.05, 4.69) is 31.3 Å². The van der Waals surface area contributed by atoms with Crippen LogP contribution in [0.3, 0.4) is 0 Å². The number of hydrogen-bond donors (Lipinski definition) is 1. The molecule has 0 atom stereocenters. The number of furan rings is 1. The highest BCUT2D eigenvalue weighted by molar-refractivity contribution is 5.82. The highest BCUT2D eigenvalue weighted by Crippen LogP contribution is 2.25. The van der Waals surface area contributed by atoms with Crippen molar-refractivity contribution < 1.29 is 9.15 Å². The summed E-state index contributed by atoms with van der Waals surface area (Å²) >= 11 is 0. The summed E-state index contributed by atoms with van der Waals surface area (Å²) < 4.78 is 11.0. The molecule has 1 aromatic carbocycles. The molecule has 2 rings (SSSR count). The second kappa shape index (κ2) is 6.42. The van der Waals surface area contributed by atoms with Gasteiger partial charge in [-0.05, 0) is 24.8 Å². The molecule has 110 valence electrons. The van der Waals surface area contributed by atoms with Gasteiger partial charge in [0.2, 0.25) is 0 Å². The molecule has 0 aliphatic heterocycles. The fraction of sp³-hybridized carbons (Fsp3) is 0.529. The number of nitrogens with one attached hydrogen (secondary N) is 1. The number of hydrogen-bond acceptors (Lipinski definition) is 3. The lowest BCUT2D eigenvalue weighted by Crippen LogP contribution is -2.30. The molecule has 0 unspecified atom stereocenters. The molecule has 1 aromatic heterocycles. The molecule has 1 N–H and O–H groups in total. The van der Waals surface area contributed by atoms with Crippen LogP contribution in [0.5, 0.6) is 0 Å². The minimum absolute atomic E-state index is 0.240. The van der Waals surface area contributed by atoms with Crippen LogP contribution >= 0.6 is 0 Å². The molecule has 0 fully saturated rings. The van der Waals surface area contributed by atoms with Gasteiger partial charge in [-0.2, -0.15) is 0 Å². The number of rotatable bonds is 7. The average Bonchev–Trinajstić information content (AvgIpc) is 2.73. The first-order valence-corrected chi connectivity index (χ1v) is 7.20. The van der Waals surface area contributed by atoms with Crippen LogP contribution in [0.25, 0.3) is 11.0 Å². The van der Waals surface area contributed by atoms with Crippen LogP contribution < -0.4 is 5.32 Å².